The van der Waals surface area contributed by atoms with Gasteiger partial charge in [-0.15, -0.1) is 0 Å². The maximum atomic E-state index is 13.9. The number of H-pyrrole nitrogens is 1. The number of benzene rings is 1. The average molecular weight is 382 g/mol. The number of likely N-dealkylation sites (tertiary alicyclic amines) is 1. The minimum atomic E-state index is -0.153. The number of amides is 1. The second-order valence-electron chi connectivity index (χ2n) is 8.14. The number of hydrogen-bond donors (Lipinski definition) is 1. The molecule has 1 aromatic carbocycles. The number of piperidine rings is 1. The molecule has 0 saturated carbocycles. The zero-order chi connectivity index (χ0) is 19.7. The summed E-state index contributed by atoms with van der Waals surface area (Å²) in [5.41, 5.74) is 3.67. The number of carbonyl (C=O) groups excluding carboxylic acids is 2. The van der Waals surface area contributed by atoms with Crippen molar-refractivity contribution in [2.45, 2.75) is 51.9 Å². The fourth-order valence-electron chi connectivity index (χ4n) is 4.71. The third-order valence-corrected chi connectivity index (χ3v) is 6.17. The van der Waals surface area contributed by atoms with Crippen molar-refractivity contribution >= 4 is 11.7 Å². The number of aromatic amines is 1. The van der Waals surface area contributed by atoms with Gasteiger partial charge in [0.1, 0.15) is 5.82 Å². The van der Waals surface area contributed by atoms with Gasteiger partial charge in [-0.2, -0.15) is 0 Å². The van der Waals surface area contributed by atoms with Crippen molar-refractivity contribution in [1.29, 1.82) is 0 Å². The number of fused-ring (bicyclic) bond motifs is 1. The first kappa shape index (κ1) is 18.9. The summed E-state index contributed by atoms with van der Waals surface area (Å²) in [5, 5.41) is 0. The molecule has 1 aliphatic carbocycles. The van der Waals surface area contributed by atoms with Gasteiger partial charge in [0.25, 0.3) is 5.91 Å². The number of carbonyl (C=O) groups is 2. The number of aromatic nitrogens is 1. The lowest BCUT2D eigenvalue weighted by atomic mass is 9.90. The molecule has 148 valence electrons. The van der Waals surface area contributed by atoms with E-state index in [9.17, 15) is 14.0 Å². The lowest BCUT2D eigenvalue weighted by Crippen LogP contribution is -2.40. The Bertz CT molecular complexity index is 902. The smallest absolute Gasteiger partial charge is 0.256 e. The maximum absolute atomic E-state index is 13.9. The van der Waals surface area contributed by atoms with Crippen molar-refractivity contribution in [2.75, 3.05) is 13.1 Å². The van der Waals surface area contributed by atoms with Gasteiger partial charge >= 0.3 is 0 Å². The maximum Gasteiger partial charge on any atom is 0.256 e. The second-order valence-corrected chi connectivity index (χ2v) is 8.14. The van der Waals surface area contributed by atoms with E-state index in [1.165, 1.54) is 6.07 Å². The van der Waals surface area contributed by atoms with Crippen molar-refractivity contribution in [1.82, 2.24) is 9.88 Å². The van der Waals surface area contributed by atoms with E-state index in [1.54, 1.807) is 6.07 Å². The summed E-state index contributed by atoms with van der Waals surface area (Å²) in [6.07, 6.45) is 5.77. The SMILES string of the molecule is Cc1[nH]c2c(c1C(=O)N1CCC[C@H](CCc3ccccc3F)C1)C(=O)CCC2. The molecule has 1 aromatic heterocycles. The summed E-state index contributed by atoms with van der Waals surface area (Å²) in [5.74, 6) is 0.269. The first-order valence-corrected chi connectivity index (χ1v) is 10.3. The van der Waals surface area contributed by atoms with Crippen LogP contribution in [0.5, 0.6) is 0 Å². The highest BCUT2D eigenvalue weighted by Gasteiger charge is 2.32. The minimum Gasteiger partial charge on any atom is -0.361 e. The number of Topliss-reactive ketones (excluding diaryl/α,β-unsaturated/α-hetero) is 1. The molecule has 2 aliphatic rings. The fourth-order valence-corrected chi connectivity index (χ4v) is 4.71. The van der Waals surface area contributed by atoms with E-state index in [-0.39, 0.29) is 17.5 Å². The molecule has 1 N–H and O–H groups in total. The van der Waals surface area contributed by atoms with Crippen LogP contribution in [0.15, 0.2) is 24.3 Å². The Morgan fingerprint density at radius 3 is 2.89 bits per heavy atom. The molecule has 0 spiro atoms. The van der Waals surface area contributed by atoms with Crippen molar-refractivity contribution in [3.8, 4) is 0 Å². The molecule has 1 saturated heterocycles. The standard InChI is InChI=1S/C23H27FN2O2/c1-15-21(22-19(25-15)9-4-10-20(22)27)23(28)26-13-5-6-16(14-26)11-12-17-7-2-3-8-18(17)24/h2-3,7-8,16,25H,4-6,9-14H2,1H3/t16-/m1/s1. The molecule has 4 rings (SSSR count). The summed E-state index contributed by atoms with van der Waals surface area (Å²) < 4.78 is 13.9. The Hall–Kier alpha value is -2.43. The van der Waals surface area contributed by atoms with Crippen molar-refractivity contribution < 1.29 is 14.0 Å². The molecule has 0 radical (unpaired) electrons. The summed E-state index contributed by atoms with van der Waals surface area (Å²) in [6, 6.07) is 6.91. The molecular formula is C23H27FN2O2. The molecule has 0 bridgehead atoms. The number of nitrogens with zero attached hydrogens (tertiary/aromatic N) is 1. The summed E-state index contributed by atoms with van der Waals surface area (Å²) >= 11 is 0. The third kappa shape index (κ3) is 3.62. The van der Waals surface area contributed by atoms with Crippen LogP contribution in [0, 0.1) is 18.7 Å². The quantitative estimate of drug-likeness (QED) is 0.848. The van der Waals surface area contributed by atoms with Gasteiger partial charge in [0.15, 0.2) is 5.78 Å². The zero-order valence-corrected chi connectivity index (χ0v) is 16.4. The summed E-state index contributed by atoms with van der Waals surface area (Å²) in [6.45, 7) is 3.29. The monoisotopic (exact) mass is 382 g/mol. The van der Waals surface area contributed by atoms with E-state index in [2.05, 4.69) is 4.98 Å². The van der Waals surface area contributed by atoms with Crippen LogP contribution in [-0.2, 0) is 12.8 Å². The van der Waals surface area contributed by atoms with E-state index in [1.807, 2.05) is 24.0 Å². The van der Waals surface area contributed by atoms with Crippen LogP contribution in [0.1, 0.15) is 69.8 Å². The number of nitrogens with one attached hydrogen (secondary N) is 1. The highest BCUT2D eigenvalue weighted by atomic mass is 19.1. The summed E-state index contributed by atoms with van der Waals surface area (Å²) in [7, 11) is 0. The van der Waals surface area contributed by atoms with E-state index in [0.29, 0.717) is 36.4 Å². The van der Waals surface area contributed by atoms with Gasteiger partial charge < -0.3 is 9.88 Å². The highest BCUT2D eigenvalue weighted by molar-refractivity contribution is 6.10. The molecular weight excluding hydrogens is 355 g/mol. The number of rotatable bonds is 4. The Labute approximate surface area is 165 Å². The molecule has 5 heteroatoms. The lowest BCUT2D eigenvalue weighted by molar-refractivity contribution is 0.0663. The molecule has 2 heterocycles. The van der Waals surface area contributed by atoms with E-state index in [0.717, 1.165) is 55.6 Å². The molecule has 28 heavy (non-hydrogen) atoms. The zero-order valence-electron chi connectivity index (χ0n) is 16.4. The second kappa shape index (κ2) is 7.90. The Morgan fingerprint density at radius 2 is 2.07 bits per heavy atom. The van der Waals surface area contributed by atoms with Crippen LogP contribution in [0.4, 0.5) is 4.39 Å². The topological polar surface area (TPSA) is 53.2 Å². The fraction of sp³-hybridized carbons (Fsp3) is 0.478. The molecule has 1 amide bonds. The lowest BCUT2D eigenvalue weighted by Gasteiger charge is -2.33. The van der Waals surface area contributed by atoms with E-state index >= 15 is 0 Å². The highest BCUT2D eigenvalue weighted by Crippen LogP contribution is 2.30. The van der Waals surface area contributed by atoms with Crippen molar-refractivity contribution in [3.05, 3.63) is 58.2 Å². The number of aryl methyl sites for hydroxylation is 3. The normalized spacial score (nSPS) is 19.6. The molecule has 1 atom stereocenters. The Balaban J connectivity index is 1.46. The van der Waals surface area contributed by atoms with Gasteiger partial charge in [0.2, 0.25) is 0 Å². The van der Waals surface area contributed by atoms with Crippen LogP contribution in [0.25, 0.3) is 0 Å². The van der Waals surface area contributed by atoms with Gasteiger partial charge in [0.05, 0.1) is 11.1 Å². The third-order valence-electron chi connectivity index (χ3n) is 6.17. The Kier molecular flexibility index (Phi) is 5.33. The molecule has 0 unspecified atom stereocenters. The predicted octanol–water partition coefficient (Wildman–Crippen LogP) is 4.47. The molecule has 2 aromatic rings. The number of ketones is 1. The minimum absolute atomic E-state index is 0.0270. The molecule has 1 aliphatic heterocycles. The average Bonchev–Trinajstić information content (AvgIpc) is 3.04. The van der Waals surface area contributed by atoms with Crippen molar-refractivity contribution in [3.63, 3.8) is 0 Å². The summed E-state index contributed by atoms with van der Waals surface area (Å²) in [4.78, 5) is 30.9. The van der Waals surface area contributed by atoms with Crippen LogP contribution >= 0.6 is 0 Å². The Morgan fingerprint density at radius 1 is 1.25 bits per heavy atom. The van der Waals surface area contributed by atoms with Crippen LogP contribution in [-0.4, -0.2) is 34.7 Å². The van der Waals surface area contributed by atoms with Crippen molar-refractivity contribution in [2.24, 2.45) is 5.92 Å². The van der Waals surface area contributed by atoms with Crippen LogP contribution < -0.4 is 0 Å². The number of halogens is 1. The predicted molar refractivity (Wildman–Crippen MR) is 106 cm³/mol. The van der Waals surface area contributed by atoms with Gasteiger partial charge in [-0.25, -0.2) is 4.39 Å². The van der Waals surface area contributed by atoms with Gasteiger partial charge in [-0.05, 0) is 63.0 Å². The van der Waals surface area contributed by atoms with Gasteiger partial charge in [-0.3, -0.25) is 9.59 Å². The van der Waals surface area contributed by atoms with E-state index in [4.69, 9.17) is 0 Å². The van der Waals surface area contributed by atoms with Gasteiger partial charge in [-0.1, -0.05) is 18.2 Å². The first-order valence-electron chi connectivity index (χ1n) is 10.3. The largest absolute Gasteiger partial charge is 0.361 e. The number of hydrogen-bond acceptors (Lipinski definition) is 2. The van der Waals surface area contributed by atoms with Gasteiger partial charge in [0, 0.05) is 30.9 Å². The van der Waals surface area contributed by atoms with E-state index < -0.39 is 0 Å². The van der Waals surface area contributed by atoms with Crippen LogP contribution in [0.3, 0.4) is 0 Å². The first-order chi connectivity index (χ1) is 13.5. The molecule has 1 fully saturated rings. The molecule has 4 nitrogen and oxygen atoms in total. The van der Waals surface area contributed by atoms with Crippen LogP contribution in [0.2, 0.25) is 0 Å².